The lowest BCUT2D eigenvalue weighted by Crippen LogP contribution is -2.40. The van der Waals surface area contributed by atoms with Crippen LogP contribution >= 0.6 is 0 Å². The lowest BCUT2D eigenvalue weighted by atomic mass is 10.0. The zero-order chi connectivity index (χ0) is 22.8. The molecule has 33 heavy (non-hydrogen) atoms. The number of amides is 1. The van der Waals surface area contributed by atoms with Crippen LogP contribution in [0.2, 0.25) is 0 Å². The Bertz CT molecular complexity index is 1020. The topological polar surface area (TPSA) is 80.3 Å². The number of anilines is 2. The number of methoxy groups -OCH3 is 2. The van der Waals surface area contributed by atoms with Crippen molar-refractivity contribution in [2.24, 2.45) is 0 Å². The number of ether oxygens (including phenoxy) is 3. The van der Waals surface area contributed by atoms with E-state index in [2.05, 4.69) is 9.80 Å². The van der Waals surface area contributed by atoms with Gasteiger partial charge in [0.25, 0.3) is 5.91 Å². The largest absolute Gasteiger partial charge is 0.493 e. The Labute approximate surface area is 194 Å². The minimum absolute atomic E-state index is 0.0220. The van der Waals surface area contributed by atoms with E-state index in [4.69, 9.17) is 24.2 Å². The van der Waals surface area contributed by atoms with Crippen LogP contribution in [-0.2, 0) is 17.7 Å². The monoisotopic (exact) mass is 453 g/mol. The standard InChI is InChI=1S/C24H31N5O4/c1-31-20-6-5-17(15-21(20)32-2)23(30)29-10-7-19-18(16-29)22(27-8-3-4-9-27)26-24(25-19)28-11-13-33-14-12-28/h5-6,15H,3-4,7-14,16H2,1-2H3. The molecule has 3 aliphatic rings. The van der Waals surface area contributed by atoms with Gasteiger partial charge in [0.15, 0.2) is 11.5 Å². The lowest BCUT2D eigenvalue weighted by Gasteiger charge is -2.34. The summed E-state index contributed by atoms with van der Waals surface area (Å²) in [6.07, 6.45) is 3.05. The highest BCUT2D eigenvalue weighted by molar-refractivity contribution is 5.95. The first kappa shape index (κ1) is 21.8. The average molecular weight is 454 g/mol. The zero-order valence-corrected chi connectivity index (χ0v) is 19.4. The minimum Gasteiger partial charge on any atom is -0.493 e. The lowest BCUT2D eigenvalue weighted by molar-refractivity contribution is 0.0733. The first-order chi connectivity index (χ1) is 16.2. The average Bonchev–Trinajstić information content (AvgIpc) is 3.42. The van der Waals surface area contributed by atoms with Crippen molar-refractivity contribution in [2.75, 3.05) is 70.0 Å². The van der Waals surface area contributed by atoms with E-state index < -0.39 is 0 Å². The molecule has 2 fully saturated rings. The number of fused-ring (bicyclic) bond motifs is 1. The van der Waals surface area contributed by atoms with Crippen LogP contribution < -0.4 is 19.3 Å². The van der Waals surface area contributed by atoms with Crippen LogP contribution in [0.4, 0.5) is 11.8 Å². The van der Waals surface area contributed by atoms with Crippen LogP contribution in [0.15, 0.2) is 18.2 Å². The summed E-state index contributed by atoms with van der Waals surface area (Å²) in [6.45, 7) is 6.15. The maximum Gasteiger partial charge on any atom is 0.254 e. The summed E-state index contributed by atoms with van der Waals surface area (Å²) in [6, 6.07) is 5.31. The van der Waals surface area contributed by atoms with Crippen molar-refractivity contribution in [2.45, 2.75) is 25.8 Å². The number of hydrogen-bond donors (Lipinski definition) is 0. The van der Waals surface area contributed by atoms with Crippen molar-refractivity contribution in [1.82, 2.24) is 14.9 Å². The van der Waals surface area contributed by atoms with Gasteiger partial charge in [0.05, 0.1) is 39.7 Å². The first-order valence-corrected chi connectivity index (χ1v) is 11.7. The highest BCUT2D eigenvalue weighted by Crippen LogP contribution is 2.33. The molecule has 4 heterocycles. The molecule has 2 saturated heterocycles. The van der Waals surface area contributed by atoms with Gasteiger partial charge in [-0.15, -0.1) is 0 Å². The summed E-state index contributed by atoms with van der Waals surface area (Å²) < 4.78 is 16.2. The number of hydrogen-bond acceptors (Lipinski definition) is 8. The Morgan fingerprint density at radius 3 is 2.42 bits per heavy atom. The molecule has 1 aromatic carbocycles. The van der Waals surface area contributed by atoms with Gasteiger partial charge in [-0.1, -0.05) is 0 Å². The van der Waals surface area contributed by atoms with E-state index in [0.717, 1.165) is 55.6 Å². The number of morpholine rings is 1. The first-order valence-electron chi connectivity index (χ1n) is 11.7. The Hall–Kier alpha value is -3.07. The van der Waals surface area contributed by atoms with Crippen molar-refractivity contribution in [3.8, 4) is 11.5 Å². The molecule has 0 radical (unpaired) electrons. The quantitative estimate of drug-likeness (QED) is 0.681. The molecular formula is C24H31N5O4. The van der Waals surface area contributed by atoms with E-state index in [1.807, 2.05) is 4.90 Å². The molecule has 3 aliphatic heterocycles. The van der Waals surface area contributed by atoms with Crippen molar-refractivity contribution < 1.29 is 19.0 Å². The molecule has 1 amide bonds. The number of benzene rings is 1. The highest BCUT2D eigenvalue weighted by Gasteiger charge is 2.30. The Morgan fingerprint density at radius 2 is 1.70 bits per heavy atom. The molecule has 0 N–H and O–H groups in total. The van der Waals surface area contributed by atoms with Gasteiger partial charge in [-0.3, -0.25) is 4.79 Å². The molecule has 1 aromatic heterocycles. The molecule has 0 spiro atoms. The van der Waals surface area contributed by atoms with Gasteiger partial charge in [0.1, 0.15) is 5.82 Å². The maximum atomic E-state index is 13.4. The summed E-state index contributed by atoms with van der Waals surface area (Å²) >= 11 is 0. The van der Waals surface area contributed by atoms with Crippen LogP contribution in [0.5, 0.6) is 11.5 Å². The summed E-state index contributed by atoms with van der Waals surface area (Å²) in [5.74, 6) is 2.92. The van der Waals surface area contributed by atoms with Crippen molar-refractivity contribution in [3.05, 3.63) is 35.0 Å². The molecule has 9 nitrogen and oxygen atoms in total. The van der Waals surface area contributed by atoms with E-state index in [1.54, 1.807) is 32.4 Å². The van der Waals surface area contributed by atoms with Crippen molar-refractivity contribution in [3.63, 3.8) is 0 Å². The number of carbonyl (C=O) groups is 1. The third-order valence-electron chi connectivity index (χ3n) is 6.64. The van der Waals surface area contributed by atoms with E-state index >= 15 is 0 Å². The van der Waals surface area contributed by atoms with Crippen molar-refractivity contribution in [1.29, 1.82) is 0 Å². The zero-order valence-electron chi connectivity index (χ0n) is 19.4. The normalized spacial score (nSPS) is 18.3. The van der Waals surface area contributed by atoms with Gasteiger partial charge in [-0.05, 0) is 31.0 Å². The van der Waals surface area contributed by atoms with Crippen LogP contribution in [0.25, 0.3) is 0 Å². The predicted octanol–water partition coefficient (Wildman–Crippen LogP) is 2.13. The summed E-state index contributed by atoms with van der Waals surface area (Å²) in [7, 11) is 3.17. The van der Waals surface area contributed by atoms with Crippen LogP contribution in [0.3, 0.4) is 0 Å². The molecule has 0 unspecified atom stereocenters. The van der Waals surface area contributed by atoms with Gasteiger partial charge in [0, 0.05) is 50.3 Å². The van der Waals surface area contributed by atoms with Gasteiger partial charge < -0.3 is 28.9 Å². The summed E-state index contributed by atoms with van der Waals surface area (Å²) in [5, 5.41) is 0. The van der Waals surface area contributed by atoms with E-state index in [0.29, 0.717) is 43.4 Å². The van der Waals surface area contributed by atoms with E-state index in [1.165, 1.54) is 12.8 Å². The number of nitrogens with zero attached hydrogens (tertiary/aromatic N) is 5. The summed E-state index contributed by atoms with van der Waals surface area (Å²) in [4.78, 5) is 29.8. The Morgan fingerprint density at radius 1 is 0.939 bits per heavy atom. The van der Waals surface area contributed by atoms with E-state index in [9.17, 15) is 4.79 Å². The molecule has 2 aromatic rings. The smallest absolute Gasteiger partial charge is 0.254 e. The fraction of sp³-hybridized carbons (Fsp3) is 0.542. The fourth-order valence-electron chi connectivity index (χ4n) is 4.80. The van der Waals surface area contributed by atoms with Gasteiger partial charge in [0.2, 0.25) is 5.95 Å². The molecule has 0 bridgehead atoms. The predicted molar refractivity (Wildman–Crippen MR) is 125 cm³/mol. The number of rotatable bonds is 5. The second kappa shape index (κ2) is 9.43. The molecule has 0 atom stereocenters. The van der Waals surface area contributed by atoms with Crippen LogP contribution in [-0.4, -0.2) is 80.9 Å². The summed E-state index contributed by atoms with van der Waals surface area (Å²) in [5.41, 5.74) is 2.73. The molecule has 5 rings (SSSR count). The van der Waals surface area contributed by atoms with E-state index in [-0.39, 0.29) is 5.91 Å². The Kier molecular flexibility index (Phi) is 6.22. The second-order valence-electron chi connectivity index (χ2n) is 8.61. The number of aromatic nitrogens is 2. The third-order valence-corrected chi connectivity index (χ3v) is 6.64. The van der Waals surface area contributed by atoms with Gasteiger partial charge in [-0.2, -0.15) is 4.98 Å². The minimum atomic E-state index is -0.0220. The van der Waals surface area contributed by atoms with Gasteiger partial charge in [-0.25, -0.2) is 4.98 Å². The SMILES string of the molecule is COc1ccc(C(=O)N2CCc3nc(N4CCOCC4)nc(N4CCCC4)c3C2)cc1OC. The Balaban J connectivity index is 1.44. The molecule has 0 saturated carbocycles. The van der Waals surface area contributed by atoms with Gasteiger partial charge >= 0.3 is 0 Å². The molecule has 9 heteroatoms. The fourth-order valence-corrected chi connectivity index (χ4v) is 4.80. The maximum absolute atomic E-state index is 13.4. The second-order valence-corrected chi connectivity index (χ2v) is 8.61. The van der Waals surface area contributed by atoms with Crippen molar-refractivity contribution >= 4 is 17.7 Å². The molecule has 176 valence electrons. The van der Waals surface area contributed by atoms with Crippen LogP contribution in [0.1, 0.15) is 34.5 Å². The molecular weight excluding hydrogens is 422 g/mol. The third kappa shape index (κ3) is 4.29. The molecule has 0 aliphatic carbocycles. The van der Waals surface area contributed by atoms with Crippen LogP contribution in [0, 0.1) is 0 Å². The highest BCUT2D eigenvalue weighted by atomic mass is 16.5. The number of carbonyl (C=O) groups excluding carboxylic acids is 1.